The molecule has 7 heteroatoms. The summed E-state index contributed by atoms with van der Waals surface area (Å²) in [6.07, 6.45) is 2.31. The smallest absolute Gasteiger partial charge is 0.461 e. The molecule has 0 aromatic rings. The third-order valence-corrected chi connectivity index (χ3v) is 4.34. The van der Waals surface area contributed by atoms with Gasteiger partial charge in [-0.1, -0.05) is 13.3 Å². The van der Waals surface area contributed by atoms with Crippen LogP contribution in [-0.4, -0.2) is 26.3 Å². The van der Waals surface area contributed by atoms with E-state index in [0.29, 0.717) is 17.8 Å². The number of esters is 1. The number of rotatable bonds is 4. The molecule has 1 saturated heterocycles. The van der Waals surface area contributed by atoms with Crippen molar-refractivity contribution in [2.24, 2.45) is 5.92 Å². The number of carbonyl (C=O) groups is 1. The monoisotopic (exact) mass is 276 g/mol. The Bertz CT molecular complexity index is 416. The van der Waals surface area contributed by atoms with Crippen LogP contribution in [-0.2, 0) is 27.7 Å². The molecular formula is C11H17O6P. The number of hydrogen-bond donors (Lipinski definition) is 0. The van der Waals surface area contributed by atoms with E-state index in [4.69, 9.17) is 18.3 Å². The lowest BCUT2D eigenvalue weighted by molar-refractivity contribution is -0.135. The number of allylic oxidation sites excluding steroid dienone is 1. The van der Waals surface area contributed by atoms with Gasteiger partial charge in [0.05, 0.1) is 18.1 Å². The van der Waals surface area contributed by atoms with Crippen molar-refractivity contribution in [1.82, 2.24) is 0 Å². The standard InChI is InChI=1S/C11H17O6P/c1-3-4-5-9-10-8(6-15-11(10)12)7-16-18(13,14-2)17-9/h8H,3-7H2,1-2H3. The summed E-state index contributed by atoms with van der Waals surface area (Å²) in [5.74, 6) is -0.221. The summed E-state index contributed by atoms with van der Waals surface area (Å²) in [4.78, 5) is 11.7. The second-order valence-corrected chi connectivity index (χ2v) is 5.95. The van der Waals surface area contributed by atoms with Gasteiger partial charge in [0.25, 0.3) is 0 Å². The molecule has 2 rings (SSSR count). The van der Waals surface area contributed by atoms with E-state index in [2.05, 4.69) is 0 Å². The topological polar surface area (TPSA) is 71.1 Å². The molecule has 0 aromatic heterocycles. The largest absolute Gasteiger partial charge is 0.529 e. The van der Waals surface area contributed by atoms with E-state index in [9.17, 15) is 9.36 Å². The zero-order valence-electron chi connectivity index (χ0n) is 10.5. The number of ether oxygens (including phenoxy) is 1. The Hall–Kier alpha value is -0.840. The highest BCUT2D eigenvalue weighted by molar-refractivity contribution is 7.48. The molecule has 18 heavy (non-hydrogen) atoms. The van der Waals surface area contributed by atoms with Crippen LogP contribution >= 0.6 is 7.82 Å². The van der Waals surface area contributed by atoms with E-state index >= 15 is 0 Å². The highest BCUT2D eigenvalue weighted by atomic mass is 31.2. The molecule has 0 spiro atoms. The molecule has 0 aromatic carbocycles. The quantitative estimate of drug-likeness (QED) is 0.580. The number of fused-ring (bicyclic) bond motifs is 1. The second kappa shape index (κ2) is 5.43. The average molecular weight is 276 g/mol. The molecule has 2 aliphatic heterocycles. The number of cyclic esters (lactones) is 1. The zero-order chi connectivity index (χ0) is 13.2. The number of hydrogen-bond acceptors (Lipinski definition) is 6. The van der Waals surface area contributed by atoms with Gasteiger partial charge >= 0.3 is 13.8 Å². The number of carbonyl (C=O) groups excluding carboxylic acids is 1. The molecule has 0 N–H and O–H groups in total. The highest BCUT2D eigenvalue weighted by Crippen LogP contribution is 2.54. The first-order valence-electron chi connectivity index (χ1n) is 5.99. The molecule has 2 heterocycles. The van der Waals surface area contributed by atoms with Crippen molar-refractivity contribution in [2.75, 3.05) is 20.3 Å². The van der Waals surface area contributed by atoms with Crippen LogP contribution in [0.25, 0.3) is 0 Å². The minimum atomic E-state index is -3.58. The van der Waals surface area contributed by atoms with Gasteiger partial charge in [0.15, 0.2) is 0 Å². The lowest BCUT2D eigenvalue weighted by Gasteiger charge is -2.16. The van der Waals surface area contributed by atoms with E-state index < -0.39 is 13.8 Å². The minimum absolute atomic E-state index is 0.113. The first kappa shape index (κ1) is 13.6. The molecule has 0 amide bonds. The van der Waals surface area contributed by atoms with Crippen molar-refractivity contribution < 1.29 is 27.7 Å². The van der Waals surface area contributed by atoms with E-state index in [0.717, 1.165) is 12.8 Å². The van der Waals surface area contributed by atoms with Crippen molar-refractivity contribution in [3.8, 4) is 0 Å². The first-order valence-corrected chi connectivity index (χ1v) is 7.45. The molecule has 2 unspecified atom stereocenters. The summed E-state index contributed by atoms with van der Waals surface area (Å²) in [6, 6.07) is 0. The summed E-state index contributed by atoms with van der Waals surface area (Å²) < 4.78 is 32.3. The summed E-state index contributed by atoms with van der Waals surface area (Å²) in [7, 11) is -2.31. The summed E-state index contributed by atoms with van der Waals surface area (Å²) in [5, 5.41) is 0. The third-order valence-electron chi connectivity index (χ3n) is 2.98. The Kier molecular flexibility index (Phi) is 4.10. The molecule has 2 aliphatic rings. The predicted molar refractivity (Wildman–Crippen MR) is 62.7 cm³/mol. The van der Waals surface area contributed by atoms with Crippen LogP contribution in [0.1, 0.15) is 26.2 Å². The van der Waals surface area contributed by atoms with E-state index in [-0.39, 0.29) is 19.1 Å². The van der Waals surface area contributed by atoms with Gasteiger partial charge in [0.1, 0.15) is 12.4 Å². The van der Waals surface area contributed by atoms with Gasteiger partial charge in [-0.25, -0.2) is 9.36 Å². The van der Waals surface area contributed by atoms with Crippen LogP contribution in [0.4, 0.5) is 0 Å². The Balaban J connectivity index is 2.31. The van der Waals surface area contributed by atoms with Gasteiger partial charge in [0.2, 0.25) is 0 Å². The first-order chi connectivity index (χ1) is 8.59. The Labute approximate surface area is 106 Å². The van der Waals surface area contributed by atoms with Crippen LogP contribution in [0.2, 0.25) is 0 Å². The van der Waals surface area contributed by atoms with Crippen LogP contribution in [0.15, 0.2) is 11.3 Å². The van der Waals surface area contributed by atoms with Gasteiger partial charge in [-0.15, -0.1) is 0 Å². The van der Waals surface area contributed by atoms with Crippen molar-refractivity contribution >= 4 is 13.8 Å². The Morgan fingerprint density at radius 1 is 1.44 bits per heavy atom. The molecule has 1 fully saturated rings. The molecule has 102 valence electrons. The lowest BCUT2D eigenvalue weighted by Crippen LogP contribution is -2.10. The van der Waals surface area contributed by atoms with Crippen LogP contribution < -0.4 is 0 Å². The number of unbranched alkanes of at least 4 members (excludes halogenated alkanes) is 1. The van der Waals surface area contributed by atoms with Crippen LogP contribution in [0, 0.1) is 5.92 Å². The number of phosphoric ester groups is 1. The normalized spacial score (nSPS) is 31.7. The third kappa shape index (κ3) is 2.60. The highest BCUT2D eigenvalue weighted by Gasteiger charge is 2.42. The molecule has 2 atom stereocenters. The summed E-state index contributed by atoms with van der Waals surface area (Å²) in [6.45, 7) is 2.39. The average Bonchev–Trinajstić information content (AvgIpc) is 2.66. The maximum absolute atomic E-state index is 12.1. The SMILES string of the molecule is CCCCC1=C2C(=O)OCC2COP(=O)(OC)O1. The zero-order valence-corrected chi connectivity index (χ0v) is 11.4. The van der Waals surface area contributed by atoms with Crippen molar-refractivity contribution in [2.45, 2.75) is 26.2 Å². The summed E-state index contributed by atoms with van der Waals surface area (Å²) >= 11 is 0. The molecule has 0 aliphatic carbocycles. The Morgan fingerprint density at radius 3 is 2.89 bits per heavy atom. The molecule has 0 bridgehead atoms. The van der Waals surface area contributed by atoms with E-state index in [1.165, 1.54) is 7.11 Å². The molecule has 0 radical (unpaired) electrons. The van der Waals surface area contributed by atoms with Gasteiger partial charge in [-0.2, -0.15) is 0 Å². The number of phosphoric acid groups is 1. The van der Waals surface area contributed by atoms with Gasteiger partial charge < -0.3 is 9.26 Å². The maximum Gasteiger partial charge on any atom is 0.529 e. The van der Waals surface area contributed by atoms with Gasteiger partial charge in [0, 0.05) is 13.5 Å². The summed E-state index contributed by atoms with van der Waals surface area (Å²) in [5.41, 5.74) is 0.457. The van der Waals surface area contributed by atoms with Crippen LogP contribution in [0.3, 0.4) is 0 Å². The fourth-order valence-corrected chi connectivity index (χ4v) is 3.03. The lowest BCUT2D eigenvalue weighted by atomic mass is 10.00. The van der Waals surface area contributed by atoms with Gasteiger partial charge in [-0.05, 0) is 6.42 Å². The van der Waals surface area contributed by atoms with Crippen molar-refractivity contribution in [1.29, 1.82) is 0 Å². The second-order valence-electron chi connectivity index (χ2n) is 4.25. The molecular weight excluding hydrogens is 259 g/mol. The van der Waals surface area contributed by atoms with Crippen LogP contribution in [0.5, 0.6) is 0 Å². The maximum atomic E-state index is 12.1. The van der Waals surface area contributed by atoms with E-state index in [1.807, 2.05) is 6.92 Å². The van der Waals surface area contributed by atoms with Crippen molar-refractivity contribution in [3.63, 3.8) is 0 Å². The fourth-order valence-electron chi connectivity index (χ4n) is 1.98. The minimum Gasteiger partial charge on any atom is -0.461 e. The fraction of sp³-hybridized carbons (Fsp3) is 0.727. The van der Waals surface area contributed by atoms with E-state index in [1.54, 1.807) is 0 Å². The molecule has 0 saturated carbocycles. The predicted octanol–water partition coefficient (Wildman–Crippen LogP) is 2.41. The van der Waals surface area contributed by atoms with Crippen molar-refractivity contribution in [3.05, 3.63) is 11.3 Å². The molecule has 6 nitrogen and oxygen atoms in total. The Morgan fingerprint density at radius 2 is 2.22 bits per heavy atom. The van der Waals surface area contributed by atoms with Gasteiger partial charge in [-0.3, -0.25) is 9.05 Å².